The Balaban J connectivity index is 2.22. The smallest absolute Gasteiger partial charge is 0.254 e. The lowest BCUT2D eigenvalue weighted by molar-refractivity contribution is 0.0764. The van der Waals surface area contributed by atoms with Crippen LogP contribution in [0.2, 0.25) is 9.36 Å². The Labute approximate surface area is 137 Å². The van der Waals surface area contributed by atoms with E-state index in [2.05, 4.69) is 6.58 Å². The summed E-state index contributed by atoms with van der Waals surface area (Å²) >= 11 is 13.3. The maximum Gasteiger partial charge on any atom is 0.254 e. The summed E-state index contributed by atoms with van der Waals surface area (Å²) in [4.78, 5) is 15.3. The van der Waals surface area contributed by atoms with Crippen LogP contribution in [-0.2, 0) is 6.54 Å². The zero-order chi connectivity index (χ0) is 15.4. The van der Waals surface area contributed by atoms with Crippen molar-refractivity contribution < 1.29 is 4.79 Å². The second kappa shape index (κ2) is 6.98. The summed E-state index contributed by atoms with van der Waals surface area (Å²) in [6.45, 7) is 4.61. The van der Waals surface area contributed by atoms with Crippen LogP contribution >= 0.6 is 34.5 Å². The van der Waals surface area contributed by atoms with Crippen molar-refractivity contribution >= 4 is 46.1 Å². The molecule has 6 heteroatoms. The second-order valence-corrected chi connectivity index (χ2v) is 6.62. The van der Waals surface area contributed by atoms with E-state index in [0.29, 0.717) is 33.7 Å². The highest BCUT2D eigenvalue weighted by atomic mass is 35.5. The molecule has 1 aromatic carbocycles. The number of carbonyl (C=O) groups excluding carboxylic acids is 1. The van der Waals surface area contributed by atoms with Gasteiger partial charge in [0.1, 0.15) is 0 Å². The molecule has 0 bridgehead atoms. The van der Waals surface area contributed by atoms with Gasteiger partial charge in [0, 0.05) is 17.0 Å². The molecular formula is C15H14Cl2N2OS. The molecule has 0 radical (unpaired) electrons. The third-order valence-corrected chi connectivity index (χ3v) is 4.42. The first-order chi connectivity index (χ1) is 10.0. The number of benzene rings is 1. The summed E-state index contributed by atoms with van der Waals surface area (Å²) in [5.74, 6) is -0.122. The van der Waals surface area contributed by atoms with Crippen LogP contribution in [0.3, 0.4) is 0 Å². The van der Waals surface area contributed by atoms with E-state index in [0.717, 1.165) is 4.88 Å². The van der Waals surface area contributed by atoms with Crippen molar-refractivity contribution in [1.82, 2.24) is 4.90 Å². The normalized spacial score (nSPS) is 10.4. The highest BCUT2D eigenvalue weighted by Gasteiger charge is 2.16. The lowest BCUT2D eigenvalue weighted by atomic mass is 10.1. The van der Waals surface area contributed by atoms with Crippen LogP contribution in [0.1, 0.15) is 15.2 Å². The molecule has 21 heavy (non-hydrogen) atoms. The number of amides is 1. The summed E-state index contributed by atoms with van der Waals surface area (Å²) in [6.07, 6.45) is 1.69. The molecule has 0 saturated carbocycles. The Kier molecular flexibility index (Phi) is 5.28. The minimum absolute atomic E-state index is 0.122. The minimum Gasteiger partial charge on any atom is -0.398 e. The summed E-state index contributed by atoms with van der Waals surface area (Å²) in [5.41, 5.74) is 6.64. The van der Waals surface area contributed by atoms with E-state index in [1.807, 2.05) is 12.1 Å². The summed E-state index contributed by atoms with van der Waals surface area (Å²) in [7, 11) is 0. The van der Waals surface area contributed by atoms with Crippen LogP contribution < -0.4 is 5.73 Å². The van der Waals surface area contributed by atoms with Crippen molar-refractivity contribution in [2.24, 2.45) is 0 Å². The van der Waals surface area contributed by atoms with Gasteiger partial charge in [0.25, 0.3) is 5.91 Å². The fraction of sp³-hybridized carbons (Fsp3) is 0.133. The van der Waals surface area contributed by atoms with Gasteiger partial charge >= 0.3 is 0 Å². The maximum atomic E-state index is 12.6. The van der Waals surface area contributed by atoms with Crippen molar-refractivity contribution in [3.63, 3.8) is 0 Å². The number of halogens is 2. The highest BCUT2D eigenvalue weighted by molar-refractivity contribution is 7.16. The third-order valence-electron chi connectivity index (χ3n) is 2.86. The lowest BCUT2D eigenvalue weighted by Gasteiger charge is -2.20. The van der Waals surface area contributed by atoms with Crippen molar-refractivity contribution in [3.8, 4) is 0 Å². The second-order valence-electron chi connectivity index (χ2n) is 4.42. The van der Waals surface area contributed by atoms with Crippen LogP contribution in [-0.4, -0.2) is 17.4 Å². The molecule has 0 unspecified atom stereocenters. The molecule has 0 saturated heterocycles. The molecule has 110 valence electrons. The highest BCUT2D eigenvalue weighted by Crippen LogP contribution is 2.24. The molecule has 0 fully saturated rings. The Morgan fingerprint density at radius 3 is 2.67 bits per heavy atom. The van der Waals surface area contributed by atoms with Gasteiger partial charge < -0.3 is 10.6 Å². The van der Waals surface area contributed by atoms with E-state index in [4.69, 9.17) is 28.9 Å². The van der Waals surface area contributed by atoms with Gasteiger partial charge in [-0.1, -0.05) is 29.3 Å². The van der Waals surface area contributed by atoms with Gasteiger partial charge in [-0.15, -0.1) is 17.9 Å². The van der Waals surface area contributed by atoms with Crippen LogP contribution in [0.15, 0.2) is 43.0 Å². The Morgan fingerprint density at radius 1 is 1.33 bits per heavy atom. The van der Waals surface area contributed by atoms with E-state index in [9.17, 15) is 4.79 Å². The number of hydrogen-bond acceptors (Lipinski definition) is 3. The summed E-state index contributed by atoms with van der Waals surface area (Å²) in [6, 6.07) is 8.60. The molecule has 1 heterocycles. The van der Waals surface area contributed by atoms with Gasteiger partial charge in [0.2, 0.25) is 0 Å². The van der Waals surface area contributed by atoms with Gasteiger partial charge in [-0.3, -0.25) is 4.79 Å². The molecule has 0 spiro atoms. The number of carbonyl (C=O) groups is 1. The Hall–Kier alpha value is -1.49. The van der Waals surface area contributed by atoms with E-state index in [-0.39, 0.29) is 5.91 Å². The number of nitrogens with two attached hydrogens (primary N) is 1. The van der Waals surface area contributed by atoms with Crippen LogP contribution in [0, 0.1) is 0 Å². The molecule has 0 atom stereocenters. The van der Waals surface area contributed by atoms with E-state index >= 15 is 0 Å². The van der Waals surface area contributed by atoms with E-state index in [1.54, 1.807) is 29.2 Å². The number of anilines is 1. The standard InChI is InChI=1S/C15H14Cl2N2OS/c1-2-7-19(9-11-4-6-14(17)21-11)15(20)10-3-5-12(16)13(18)8-10/h2-6,8H,1,7,9,18H2. The van der Waals surface area contributed by atoms with E-state index in [1.165, 1.54) is 11.3 Å². The molecule has 3 nitrogen and oxygen atoms in total. The van der Waals surface area contributed by atoms with Crippen molar-refractivity contribution in [3.05, 3.63) is 62.8 Å². The summed E-state index contributed by atoms with van der Waals surface area (Å²) < 4.78 is 0.701. The molecule has 1 amide bonds. The first-order valence-electron chi connectivity index (χ1n) is 6.20. The van der Waals surface area contributed by atoms with Crippen molar-refractivity contribution in [2.45, 2.75) is 6.54 Å². The van der Waals surface area contributed by atoms with Gasteiger partial charge in [-0.05, 0) is 30.3 Å². The quantitative estimate of drug-likeness (QED) is 0.644. The molecule has 0 aliphatic heterocycles. The number of nitrogen functional groups attached to an aromatic ring is 1. The predicted octanol–water partition coefficient (Wildman–Crippen LogP) is 4.47. The first kappa shape index (κ1) is 15.9. The Bertz CT molecular complexity index is 669. The first-order valence-corrected chi connectivity index (χ1v) is 7.78. The van der Waals surface area contributed by atoms with Gasteiger partial charge in [0.05, 0.1) is 21.6 Å². The fourth-order valence-electron chi connectivity index (χ4n) is 1.86. The minimum atomic E-state index is -0.122. The molecule has 0 aliphatic carbocycles. The SMILES string of the molecule is C=CCN(Cc1ccc(Cl)s1)C(=O)c1ccc(Cl)c(N)c1. The summed E-state index contributed by atoms with van der Waals surface area (Å²) in [5, 5.41) is 0.437. The average molecular weight is 341 g/mol. The van der Waals surface area contributed by atoms with Gasteiger partial charge in [0.15, 0.2) is 0 Å². The molecular weight excluding hydrogens is 327 g/mol. The predicted molar refractivity (Wildman–Crippen MR) is 90.1 cm³/mol. The molecule has 0 aliphatic rings. The number of nitrogens with zero attached hydrogens (tertiary/aromatic N) is 1. The van der Waals surface area contributed by atoms with Gasteiger partial charge in [-0.2, -0.15) is 0 Å². The zero-order valence-corrected chi connectivity index (χ0v) is 13.5. The number of thiophene rings is 1. The largest absolute Gasteiger partial charge is 0.398 e. The maximum absolute atomic E-state index is 12.6. The molecule has 2 aromatic rings. The number of hydrogen-bond donors (Lipinski definition) is 1. The van der Waals surface area contributed by atoms with Crippen LogP contribution in [0.25, 0.3) is 0 Å². The molecule has 2 N–H and O–H groups in total. The molecule has 1 aromatic heterocycles. The topological polar surface area (TPSA) is 46.3 Å². The van der Waals surface area contributed by atoms with Crippen molar-refractivity contribution in [2.75, 3.05) is 12.3 Å². The van der Waals surface area contributed by atoms with E-state index < -0.39 is 0 Å². The Morgan fingerprint density at radius 2 is 2.10 bits per heavy atom. The van der Waals surface area contributed by atoms with Crippen LogP contribution in [0.5, 0.6) is 0 Å². The lowest BCUT2D eigenvalue weighted by Crippen LogP contribution is -2.30. The van der Waals surface area contributed by atoms with Crippen molar-refractivity contribution in [1.29, 1.82) is 0 Å². The van der Waals surface area contributed by atoms with Crippen LogP contribution in [0.4, 0.5) is 5.69 Å². The van der Waals surface area contributed by atoms with Gasteiger partial charge in [-0.25, -0.2) is 0 Å². The third kappa shape index (κ3) is 4.00. The monoisotopic (exact) mass is 340 g/mol. The molecule has 2 rings (SSSR count). The average Bonchev–Trinajstić information content (AvgIpc) is 2.86. The fourth-order valence-corrected chi connectivity index (χ4v) is 3.08. The number of rotatable bonds is 5. The zero-order valence-electron chi connectivity index (χ0n) is 11.2.